The molecular formula is C26H31N3O7. The third kappa shape index (κ3) is 5.04. The molecule has 2 aromatic rings. The van der Waals surface area contributed by atoms with Gasteiger partial charge < -0.3 is 28.4 Å². The highest BCUT2D eigenvalue weighted by molar-refractivity contribution is 5.93. The van der Waals surface area contributed by atoms with Crippen molar-refractivity contribution in [3.8, 4) is 17.2 Å². The van der Waals surface area contributed by atoms with Gasteiger partial charge in [-0.2, -0.15) is 0 Å². The SMILES string of the molecule is COC(=O)c1c(OCCN2CCCC2=O)cc(=O)n2c1CCN(Cc1ccc3c(c1)OCCO3)CC2. The average molecular weight is 498 g/mol. The molecule has 0 atom stereocenters. The van der Waals surface area contributed by atoms with Gasteiger partial charge in [0.2, 0.25) is 5.91 Å². The third-order valence-electron chi connectivity index (χ3n) is 6.88. The zero-order chi connectivity index (χ0) is 25.1. The third-order valence-corrected chi connectivity index (χ3v) is 6.88. The van der Waals surface area contributed by atoms with Gasteiger partial charge >= 0.3 is 5.97 Å². The molecule has 1 saturated heterocycles. The first-order valence-electron chi connectivity index (χ1n) is 12.4. The van der Waals surface area contributed by atoms with E-state index in [1.807, 2.05) is 18.2 Å². The van der Waals surface area contributed by atoms with E-state index in [0.29, 0.717) is 71.0 Å². The number of pyridine rings is 1. The molecular weight excluding hydrogens is 466 g/mol. The van der Waals surface area contributed by atoms with Crippen LogP contribution in [0.5, 0.6) is 17.2 Å². The fraction of sp³-hybridized carbons (Fsp3) is 0.500. The molecule has 10 heteroatoms. The molecule has 10 nitrogen and oxygen atoms in total. The molecule has 0 radical (unpaired) electrons. The van der Waals surface area contributed by atoms with Crippen LogP contribution in [0.3, 0.4) is 0 Å². The molecule has 1 amide bonds. The van der Waals surface area contributed by atoms with E-state index in [1.54, 1.807) is 9.47 Å². The van der Waals surface area contributed by atoms with Crippen LogP contribution in [0.15, 0.2) is 29.1 Å². The molecule has 0 unspecified atom stereocenters. The van der Waals surface area contributed by atoms with E-state index in [4.69, 9.17) is 18.9 Å². The summed E-state index contributed by atoms with van der Waals surface area (Å²) in [6.07, 6.45) is 1.89. The van der Waals surface area contributed by atoms with Crippen LogP contribution in [0, 0.1) is 0 Å². The van der Waals surface area contributed by atoms with E-state index in [2.05, 4.69) is 4.90 Å². The van der Waals surface area contributed by atoms with Crippen LogP contribution >= 0.6 is 0 Å². The second-order valence-electron chi connectivity index (χ2n) is 9.15. The molecule has 1 aromatic heterocycles. The molecule has 36 heavy (non-hydrogen) atoms. The summed E-state index contributed by atoms with van der Waals surface area (Å²) in [7, 11) is 1.32. The number of hydrogen-bond acceptors (Lipinski definition) is 8. The Labute approximate surface area is 209 Å². The van der Waals surface area contributed by atoms with Gasteiger partial charge in [0.15, 0.2) is 11.5 Å². The van der Waals surface area contributed by atoms with Crippen LogP contribution in [-0.2, 0) is 29.0 Å². The van der Waals surface area contributed by atoms with Crippen molar-refractivity contribution < 1.29 is 28.5 Å². The maximum Gasteiger partial charge on any atom is 0.343 e. The topological polar surface area (TPSA) is 99.5 Å². The number of benzene rings is 1. The van der Waals surface area contributed by atoms with E-state index in [-0.39, 0.29) is 29.4 Å². The maximum absolute atomic E-state index is 13.0. The molecule has 192 valence electrons. The lowest BCUT2D eigenvalue weighted by Crippen LogP contribution is -2.31. The molecule has 4 heterocycles. The van der Waals surface area contributed by atoms with Gasteiger partial charge in [0.05, 0.1) is 13.7 Å². The summed E-state index contributed by atoms with van der Waals surface area (Å²) >= 11 is 0. The number of ether oxygens (including phenoxy) is 4. The standard InChI is InChI=1S/C26H31N3O7/c1-33-26(32)25-19-6-8-27(17-18-4-5-20-21(15-18)36-14-13-35-20)9-10-29(19)24(31)16-22(25)34-12-11-28-7-2-3-23(28)30/h4-5,15-16H,2-3,6-14,17H2,1H3. The number of hydrogen-bond donors (Lipinski definition) is 0. The van der Waals surface area contributed by atoms with Gasteiger partial charge in [-0.15, -0.1) is 0 Å². The van der Waals surface area contributed by atoms with Gasteiger partial charge in [0.25, 0.3) is 5.56 Å². The van der Waals surface area contributed by atoms with Crippen molar-refractivity contribution in [1.82, 2.24) is 14.4 Å². The Morgan fingerprint density at radius 3 is 2.61 bits per heavy atom. The summed E-state index contributed by atoms with van der Waals surface area (Å²) in [6, 6.07) is 7.30. The van der Waals surface area contributed by atoms with Gasteiger partial charge in [0.1, 0.15) is 31.1 Å². The van der Waals surface area contributed by atoms with E-state index in [0.717, 1.165) is 23.5 Å². The van der Waals surface area contributed by atoms with Crippen molar-refractivity contribution in [2.75, 3.05) is 53.1 Å². The van der Waals surface area contributed by atoms with Crippen molar-refractivity contribution >= 4 is 11.9 Å². The Balaban J connectivity index is 1.32. The highest BCUT2D eigenvalue weighted by Crippen LogP contribution is 2.31. The largest absolute Gasteiger partial charge is 0.491 e. The number of esters is 1. The molecule has 0 N–H and O–H groups in total. The first kappa shape index (κ1) is 24.2. The van der Waals surface area contributed by atoms with Crippen LogP contribution in [0.4, 0.5) is 0 Å². The van der Waals surface area contributed by atoms with Crippen LogP contribution in [0.25, 0.3) is 0 Å². The quantitative estimate of drug-likeness (QED) is 0.531. The Kier molecular flexibility index (Phi) is 7.13. The van der Waals surface area contributed by atoms with Crippen LogP contribution in [0.1, 0.15) is 34.5 Å². The summed E-state index contributed by atoms with van der Waals surface area (Å²) in [5, 5.41) is 0. The second kappa shape index (κ2) is 10.6. The van der Waals surface area contributed by atoms with Crippen LogP contribution < -0.4 is 19.8 Å². The lowest BCUT2D eigenvalue weighted by atomic mass is 10.1. The Hall–Kier alpha value is -3.53. The fourth-order valence-electron chi connectivity index (χ4n) is 5.04. The minimum atomic E-state index is -0.536. The molecule has 3 aliphatic heterocycles. The molecule has 0 spiro atoms. The molecule has 0 bridgehead atoms. The Morgan fingerprint density at radius 2 is 1.83 bits per heavy atom. The summed E-state index contributed by atoms with van der Waals surface area (Å²) in [5.41, 5.74) is 1.77. The van der Waals surface area contributed by atoms with Crippen molar-refractivity contribution in [3.05, 3.63) is 51.4 Å². The van der Waals surface area contributed by atoms with Crippen molar-refractivity contribution in [2.24, 2.45) is 0 Å². The normalized spacial score (nSPS) is 17.5. The second-order valence-corrected chi connectivity index (χ2v) is 9.15. The maximum atomic E-state index is 13.0. The monoisotopic (exact) mass is 497 g/mol. The first-order valence-corrected chi connectivity index (χ1v) is 12.4. The molecule has 1 aromatic carbocycles. The predicted molar refractivity (Wildman–Crippen MR) is 130 cm³/mol. The number of rotatable bonds is 7. The summed E-state index contributed by atoms with van der Waals surface area (Å²) < 4.78 is 23.9. The van der Waals surface area contributed by atoms with E-state index in [9.17, 15) is 14.4 Å². The number of aromatic nitrogens is 1. The van der Waals surface area contributed by atoms with Crippen molar-refractivity contribution in [3.63, 3.8) is 0 Å². The van der Waals surface area contributed by atoms with Crippen molar-refractivity contribution in [1.29, 1.82) is 0 Å². The van der Waals surface area contributed by atoms with E-state index < -0.39 is 5.97 Å². The zero-order valence-electron chi connectivity index (χ0n) is 20.5. The summed E-state index contributed by atoms with van der Waals surface area (Å²) in [5.74, 6) is 1.28. The molecule has 0 aliphatic carbocycles. The Morgan fingerprint density at radius 1 is 1.00 bits per heavy atom. The number of methoxy groups -OCH3 is 1. The summed E-state index contributed by atoms with van der Waals surface area (Å²) in [4.78, 5) is 41.7. The van der Waals surface area contributed by atoms with E-state index >= 15 is 0 Å². The summed E-state index contributed by atoms with van der Waals surface area (Å²) in [6.45, 7) is 4.85. The number of nitrogens with zero attached hydrogens (tertiary/aromatic N) is 3. The minimum absolute atomic E-state index is 0.104. The number of carbonyl (C=O) groups is 2. The molecule has 1 fully saturated rings. The van der Waals surface area contributed by atoms with E-state index in [1.165, 1.54) is 13.2 Å². The highest BCUT2D eigenvalue weighted by atomic mass is 16.6. The first-order chi connectivity index (χ1) is 17.5. The molecule has 0 saturated carbocycles. The van der Waals surface area contributed by atoms with Gasteiger partial charge in [-0.05, 0) is 24.1 Å². The van der Waals surface area contributed by atoms with Crippen LogP contribution in [0.2, 0.25) is 0 Å². The van der Waals surface area contributed by atoms with Gasteiger partial charge in [-0.1, -0.05) is 6.07 Å². The van der Waals surface area contributed by atoms with Gasteiger partial charge in [-0.3, -0.25) is 14.5 Å². The Bertz CT molecular complexity index is 1210. The predicted octanol–water partition coefficient (Wildman–Crippen LogP) is 1.47. The smallest absolute Gasteiger partial charge is 0.343 e. The minimum Gasteiger partial charge on any atom is -0.491 e. The average Bonchev–Trinajstić information content (AvgIpc) is 3.18. The lowest BCUT2D eigenvalue weighted by molar-refractivity contribution is -0.128. The molecule has 3 aliphatic rings. The number of likely N-dealkylation sites (tertiary alicyclic amines) is 1. The zero-order valence-corrected chi connectivity index (χ0v) is 20.5. The van der Waals surface area contributed by atoms with Gasteiger partial charge in [-0.25, -0.2) is 4.79 Å². The number of carbonyl (C=O) groups excluding carboxylic acids is 2. The lowest BCUT2D eigenvalue weighted by Gasteiger charge is -2.22. The fourth-order valence-corrected chi connectivity index (χ4v) is 5.04. The molecule has 5 rings (SSSR count). The number of amides is 1. The highest BCUT2D eigenvalue weighted by Gasteiger charge is 2.27. The van der Waals surface area contributed by atoms with Crippen LogP contribution in [-0.4, -0.2) is 79.4 Å². The number of fused-ring (bicyclic) bond motifs is 2. The van der Waals surface area contributed by atoms with Crippen molar-refractivity contribution in [2.45, 2.75) is 32.4 Å². The van der Waals surface area contributed by atoms with Gasteiger partial charge in [0, 0.05) is 57.3 Å².